The Hall–Kier alpha value is -3.27. The molecule has 0 aliphatic rings. The van der Waals surface area contributed by atoms with Gasteiger partial charge in [-0.15, -0.1) is 10.2 Å². The van der Waals surface area contributed by atoms with Crippen LogP contribution < -0.4 is 10.6 Å². The minimum Gasteiger partial charge on any atom is -0.342 e. The first-order chi connectivity index (χ1) is 14.1. The van der Waals surface area contributed by atoms with E-state index < -0.39 is 0 Å². The van der Waals surface area contributed by atoms with Crippen LogP contribution in [-0.4, -0.2) is 42.3 Å². The van der Waals surface area contributed by atoms with Gasteiger partial charge in [0.2, 0.25) is 11.9 Å². The first kappa shape index (κ1) is 20.5. The molecule has 2 heterocycles. The van der Waals surface area contributed by atoms with Crippen LogP contribution in [0.1, 0.15) is 36.1 Å². The minimum absolute atomic E-state index is 0.140. The molecule has 1 atom stereocenters. The number of amides is 2. The third kappa shape index (κ3) is 5.38. The van der Waals surface area contributed by atoms with E-state index in [-0.39, 0.29) is 29.6 Å². The summed E-state index contributed by atoms with van der Waals surface area (Å²) in [5.41, 5.74) is 0.580. The zero-order chi connectivity index (χ0) is 20.6. The quantitative estimate of drug-likeness (QED) is 0.547. The fourth-order valence-corrected chi connectivity index (χ4v) is 3.42. The molecule has 2 N–H and O–H groups in total. The maximum atomic E-state index is 12.4. The molecule has 10 heteroatoms. The predicted octanol–water partition coefficient (Wildman–Crippen LogP) is 2.31. The second-order valence-corrected chi connectivity index (χ2v) is 7.00. The number of hydrogen-bond acceptors (Lipinski definition) is 7. The van der Waals surface area contributed by atoms with Gasteiger partial charge in [0.25, 0.3) is 5.91 Å². The highest BCUT2D eigenvalue weighted by Crippen LogP contribution is 2.21. The summed E-state index contributed by atoms with van der Waals surface area (Å²) in [6, 6.07) is 10.3. The number of nitrogens with one attached hydrogen (secondary N) is 2. The van der Waals surface area contributed by atoms with Crippen LogP contribution in [0.3, 0.4) is 0 Å². The molecule has 0 aliphatic carbocycles. The van der Waals surface area contributed by atoms with Crippen LogP contribution in [0.5, 0.6) is 0 Å². The van der Waals surface area contributed by atoms with Crippen LogP contribution in [0.15, 0.2) is 53.9 Å². The van der Waals surface area contributed by atoms with E-state index in [1.165, 1.54) is 11.8 Å². The molecule has 0 spiro atoms. The Kier molecular flexibility index (Phi) is 6.90. The third-order valence-corrected chi connectivity index (χ3v) is 4.95. The molecule has 0 fully saturated rings. The summed E-state index contributed by atoms with van der Waals surface area (Å²) in [7, 11) is 0. The second kappa shape index (κ2) is 9.78. The van der Waals surface area contributed by atoms with E-state index in [1.54, 1.807) is 30.6 Å². The molecule has 3 rings (SSSR count). The first-order valence-corrected chi connectivity index (χ1v) is 10.1. The van der Waals surface area contributed by atoms with Gasteiger partial charge in [-0.3, -0.25) is 14.9 Å². The molecule has 2 amide bonds. The summed E-state index contributed by atoms with van der Waals surface area (Å²) >= 11 is 1.26. The molecule has 0 unspecified atom stereocenters. The second-order valence-electron chi connectivity index (χ2n) is 6.06. The van der Waals surface area contributed by atoms with Gasteiger partial charge in [0.15, 0.2) is 11.0 Å². The molecule has 1 aromatic carbocycles. The van der Waals surface area contributed by atoms with Gasteiger partial charge in [-0.1, -0.05) is 30.0 Å². The summed E-state index contributed by atoms with van der Waals surface area (Å²) in [5, 5.41) is 14.6. The van der Waals surface area contributed by atoms with Gasteiger partial charge in [0, 0.05) is 24.5 Å². The molecule has 0 aliphatic heterocycles. The Morgan fingerprint density at radius 1 is 1.10 bits per heavy atom. The molecule has 0 saturated carbocycles. The number of carbonyl (C=O) groups excluding carboxylic acids is 2. The number of benzene rings is 1. The molecule has 0 radical (unpaired) electrons. The van der Waals surface area contributed by atoms with Gasteiger partial charge in [0.1, 0.15) is 0 Å². The average Bonchev–Trinajstić information content (AvgIpc) is 3.16. The number of hydrogen-bond donors (Lipinski definition) is 2. The van der Waals surface area contributed by atoms with Crippen molar-refractivity contribution < 1.29 is 9.59 Å². The van der Waals surface area contributed by atoms with Crippen molar-refractivity contribution in [3.05, 3.63) is 60.2 Å². The molecule has 2 aromatic heterocycles. The highest BCUT2D eigenvalue weighted by molar-refractivity contribution is 7.99. The fourth-order valence-electron chi connectivity index (χ4n) is 2.61. The number of aromatic nitrogens is 5. The summed E-state index contributed by atoms with van der Waals surface area (Å²) in [6.45, 7) is 4.42. The van der Waals surface area contributed by atoms with Gasteiger partial charge >= 0.3 is 0 Å². The minimum atomic E-state index is -0.337. The number of nitrogens with zero attached hydrogens (tertiary/aromatic N) is 5. The van der Waals surface area contributed by atoms with Crippen molar-refractivity contribution in [1.29, 1.82) is 0 Å². The number of rotatable bonds is 8. The SMILES string of the molecule is CCn1c(SCC(=O)Nc2ncccn2)nnc1[C@H](C)NC(=O)c1ccccc1. The lowest BCUT2D eigenvalue weighted by atomic mass is 10.2. The van der Waals surface area contributed by atoms with E-state index in [9.17, 15) is 9.59 Å². The zero-order valence-corrected chi connectivity index (χ0v) is 16.9. The Morgan fingerprint density at radius 3 is 2.52 bits per heavy atom. The molecule has 0 saturated heterocycles. The van der Waals surface area contributed by atoms with Crippen LogP contribution in [-0.2, 0) is 11.3 Å². The van der Waals surface area contributed by atoms with Crippen LogP contribution in [0, 0.1) is 0 Å². The Bertz CT molecular complexity index is 963. The molecule has 0 bridgehead atoms. The van der Waals surface area contributed by atoms with Crippen molar-refractivity contribution in [3.8, 4) is 0 Å². The molecule has 9 nitrogen and oxygen atoms in total. The maximum Gasteiger partial charge on any atom is 0.251 e. The number of anilines is 1. The van der Waals surface area contributed by atoms with E-state index >= 15 is 0 Å². The standard InChI is InChI=1S/C19H21N7O2S/c1-3-26-16(13(2)22-17(28)14-8-5-4-6-9-14)24-25-19(26)29-12-15(27)23-18-20-10-7-11-21-18/h4-11,13H,3,12H2,1-2H3,(H,22,28)(H,20,21,23,27)/t13-/m0/s1. The molecule has 29 heavy (non-hydrogen) atoms. The first-order valence-electron chi connectivity index (χ1n) is 9.07. The van der Waals surface area contributed by atoms with Gasteiger partial charge in [0.05, 0.1) is 11.8 Å². The highest BCUT2D eigenvalue weighted by atomic mass is 32.2. The van der Waals surface area contributed by atoms with Crippen molar-refractivity contribution in [2.45, 2.75) is 31.6 Å². The summed E-state index contributed by atoms with van der Waals surface area (Å²) in [5.74, 6) is 0.610. The molecular formula is C19H21N7O2S. The molecule has 3 aromatic rings. The van der Waals surface area contributed by atoms with Crippen molar-refractivity contribution in [2.24, 2.45) is 0 Å². The lowest BCUT2D eigenvalue weighted by Crippen LogP contribution is -2.28. The van der Waals surface area contributed by atoms with Crippen LogP contribution in [0.4, 0.5) is 5.95 Å². The largest absolute Gasteiger partial charge is 0.342 e. The van der Waals surface area contributed by atoms with Gasteiger partial charge in [-0.05, 0) is 32.0 Å². The third-order valence-electron chi connectivity index (χ3n) is 3.98. The smallest absolute Gasteiger partial charge is 0.251 e. The monoisotopic (exact) mass is 411 g/mol. The molecule has 150 valence electrons. The van der Waals surface area contributed by atoms with E-state index in [0.717, 1.165) is 0 Å². The normalized spacial score (nSPS) is 11.7. The Balaban J connectivity index is 1.62. The number of thioether (sulfide) groups is 1. The van der Waals surface area contributed by atoms with E-state index in [4.69, 9.17) is 0 Å². The van der Waals surface area contributed by atoms with Crippen molar-refractivity contribution in [2.75, 3.05) is 11.1 Å². The van der Waals surface area contributed by atoms with Gasteiger partial charge in [-0.2, -0.15) is 0 Å². The Labute approximate surface area is 172 Å². The van der Waals surface area contributed by atoms with E-state index in [1.807, 2.05) is 36.6 Å². The lowest BCUT2D eigenvalue weighted by molar-refractivity contribution is -0.113. The van der Waals surface area contributed by atoms with Gasteiger partial charge < -0.3 is 9.88 Å². The Morgan fingerprint density at radius 2 is 1.83 bits per heavy atom. The molecular weight excluding hydrogens is 390 g/mol. The zero-order valence-electron chi connectivity index (χ0n) is 16.1. The van der Waals surface area contributed by atoms with Crippen LogP contribution in [0.2, 0.25) is 0 Å². The fraction of sp³-hybridized carbons (Fsp3) is 0.263. The topological polar surface area (TPSA) is 115 Å². The van der Waals surface area contributed by atoms with Crippen LogP contribution in [0.25, 0.3) is 0 Å². The van der Waals surface area contributed by atoms with Gasteiger partial charge in [-0.25, -0.2) is 9.97 Å². The van der Waals surface area contributed by atoms with E-state index in [2.05, 4.69) is 30.8 Å². The van der Waals surface area contributed by atoms with Crippen molar-refractivity contribution >= 4 is 29.5 Å². The van der Waals surface area contributed by atoms with Crippen LogP contribution >= 0.6 is 11.8 Å². The predicted molar refractivity (Wildman–Crippen MR) is 109 cm³/mol. The summed E-state index contributed by atoms with van der Waals surface area (Å²) in [6.07, 6.45) is 3.11. The average molecular weight is 411 g/mol. The summed E-state index contributed by atoms with van der Waals surface area (Å²) in [4.78, 5) is 32.4. The van der Waals surface area contributed by atoms with E-state index in [0.29, 0.717) is 23.1 Å². The lowest BCUT2D eigenvalue weighted by Gasteiger charge is -2.15. The summed E-state index contributed by atoms with van der Waals surface area (Å²) < 4.78 is 1.88. The van der Waals surface area contributed by atoms with Crippen molar-refractivity contribution in [3.63, 3.8) is 0 Å². The maximum absolute atomic E-state index is 12.4. The van der Waals surface area contributed by atoms with Crippen molar-refractivity contribution in [1.82, 2.24) is 30.0 Å². The highest BCUT2D eigenvalue weighted by Gasteiger charge is 2.20. The number of carbonyl (C=O) groups is 2.